The first-order valence-electron chi connectivity index (χ1n) is 9.61. The Hall–Kier alpha value is -2.09. The summed E-state index contributed by atoms with van der Waals surface area (Å²) in [7, 11) is 0. The fraction of sp³-hybridized carbons (Fsp3) is 0.550. The van der Waals surface area contributed by atoms with E-state index in [0.717, 1.165) is 37.9 Å². The minimum Gasteiger partial charge on any atom is -0.386 e. The SMILES string of the molecule is O=c1cc(-c2ccncc2)ncn1CC1CCN(CC2(O)CCOC2)CC1. The van der Waals surface area contributed by atoms with Gasteiger partial charge in [-0.1, -0.05) is 0 Å². The molecule has 7 heteroatoms. The van der Waals surface area contributed by atoms with Gasteiger partial charge < -0.3 is 14.7 Å². The predicted molar refractivity (Wildman–Crippen MR) is 101 cm³/mol. The number of ether oxygens (including phenoxy) is 1. The van der Waals surface area contributed by atoms with Crippen molar-refractivity contribution < 1.29 is 9.84 Å². The van der Waals surface area contributed by atoms with Crippen LogP contribution < -0.4 is 5.56 Å². The van der Waals surface area contributed by atoms with E-state index < -0.39 is 5.60 Å². The van der Waals surface area contributed by atoms with Gasteiger partial charge in [-0.2, -0.15) is 0 Å². The maximum atomic E-state index is 12.5. The van der Waals surface area contributed by atoms with Crippen molar-refractivity contribution in [2.75, 3.05) is 32.8 Å². The minimum atomic E-state index is -0.684. The Balaban J connectivity index is 1.33. The molecule has 7 nitrogen and oxygen atoms in total. The van der Waals surface area contributed by atoms with Crippen molar-refractivity contribution >= 4 is 0 Å². The highest BCUT2D eigenvalue weighted by molar-refractivity contribution is 5.57. The van der Waals surface area contributed by atoms with Gasteiger partial charge in [-0.15, -0.1) is 0 Å². The molecule has 1 unspecified atom stereocenters. The van der Waals surface area contributed by atoms with E-state index in [2.05, 4.69) is 14.9 Å². The third-order valence-corrected chi connectivity index (χ3v) is 5.62. The number of hydrogen-bond donors (Lipinski definition) is 1. The molecular formula is C20H26N4O3. The van der Waals surface area contributed by atoms with Crippen LogP contribution in [0, 0.1) is 5.92 Å². The van der Waals surface area contributed by atoms with Crippen LogP contribution in [0.15, 0.2) is 41.7 Å². The van der Waals surface area contributed by atoms with E-state index in [-0.39, 0.29) is 5.56 Å². The van der Waals surface area contributed by atoms with Crippen molar-refractivity contribution in [2.45, 2.75) is 31.4 Å². The molecule has 2 aliphatic rings. The summed E-state index contributed by atoms with van der Waals surface area (Å²) < 4.78 is 7.04. The maximum absolute atomic E-state index is 12.5. The second-order valence-electron chi connectivity index (χ2n) is 7.75. The molecule has 27 heavy (non-hydrogen) atoms. The van der Waals surface area contributed by atoms with Gasteiger partial charge in [0.1, 0.15) is 5.60 Å². The van der Waals surface area contributed by atoms with E-state index in [9.17, 15) is 9.90 Å². The number of nitrogens with zero attached hydrogens (tertiary/aromatic N) is 4. The van der Waals surface area contributed by atoms with E-state index in [1.165, 1.54) is 0 Å². The van der Waals surface area contributed by atoms with E-state index in [1.54, 1.807) is 29.4 Å². The van der Waals surface area contributed by atoms with Gasteiger partial charge in [0.2, 0.25) is 0 Å². The molecule has 0 amide bonds. The Bertz CT molecular complexity index is 809. The van der Waals surface area contributed by atoms with Crippen molar-refractivity contribution in [3.63, 3.8) is 0 Å². The predicted octanol–water partition coefficient (Wildman–Crippen LogP) is 1.17. The molecule has 2 aromatic rings. The molecule has 144 valence electrons. The molecule has 0 radical (unpaired) electrons. The highest BCUT2D eigenvalue weighted by atomic mass is 16.5. The number of aromatic nitrogens is 3. The minimum absolute atomic E-state index is 0.0170. The van der Waals surface area contributed by atoms with Crippen LogP contribution in [0.25, 0.3) is 11.3 Å². The summed E-state index contributed by atoms with van der Waals surface area (Å²) in [6.45, 7) is 4.37. The highest BCUT2D eigenvalue weighted by Crippen LogP contribution is 2.24. The zero-order valence-corrected chi connectivity index (χ0v) is 15.5. The third-order valence-electron chi connectivity index (χ3n) is 5.62. The van der Waals surface area contributed by atoms with Crippen LogP contribution in [0.3, 0.4) is 0 Å². The molecule has 0 aromatic carbocycles. The van der Waals surface area contributed by atoms with Crippen LogP contribution in [0.2, 0.25) is 0 Å². The summed E-state index contributed by atoms with van der Waals surface area (Å²) in [6, 6.07) is 5.30. The number of hydrogen-bond acceptors (Lipinski definition) is 6. The molecule has 2 aromatic heterocycles. The number of piperidine rings is 1. The van der Waals surface area contributed by atoms with Gasteiger partial charge in [0.25, 0.3) is 5.56 Å². The molecule has 0 spiro atoms. The Morgan fingerprint density at radius 2 is 2.04 bits per heavy atom. The van der Waals surface area contributed by atoms with E-state index >= 15 is 0 Å². The van der Waals surface area contributed by atoms with E-state index in [0.29, 0.717) is 37.9 Å². The van der Waals surface area contributed by atoms with Crippen molar-refractivity contribution in [1.29, 1.82) is 0 Å². The van der Waals surface area contributed by atoms with Gasteiger partial charge >= 0.3 is 0 Å². The van der Waals surface area contributed by atoms with Crippen LogP contribution in [-0.2, 0) is 11.3 Å². The lowest BCUT2D eigenvalue weighted by Gasteiger charge is -2.36. The van der Waals surface area contributed by atoms with Gasteiger partial charge in [0, 0.05) is 50.1 Å². The molecule has 2 fully saturated rings. The van der Waals surface area contributed by atoms with Crippen molar-refractivity contribution in [3.05, 3.63) is 47.3 Å². The van der Waals surface area contributed by atoms with Gasteiger partial charge in [0.05, 0.1) is 18.6 Å². The monoisotopic (exact) mass is 370 g/mol. The Kier molecular flexibility index (Phi) is 5.33. The normalized spacial score (nSPS) is 24.3. The summed E-state index contributed by atoms with van der Waals surface area (Å²) in [6.07, 6.45) is 7.82. The molecule has 0 aliphatic carbocycles. The topological polar surface area (TPSA) is 80.5 Å². The zero-order valence-electron chi connectivity index (χ0n) is 15.5. The fourth-order valence-electron chi connectivity index (χ4n) is 3.99. The molecule has 2 saturated heterocycles. The molecule has 1 atom stereocenters. The van der Waals surface area contributed by atoms with E-state index in [4.69, 9.17) is 4.74 Å². The van der Waals surface area contributed by atoms with Crippen LogP contribution >= 0.6 is 0 Å². The lowest BCUT2D eigenvalue weighted by Crippen LogP contribution is -2.47. The Morgan fingerprint density at radius 1 is 1.26 bits per heavy atom. The highest BCUT2D eigenvalue weighted by Gasteiger charge is 2.35. The third kappa shape index (κ3) is 4.43. The zero-order chi connectivity index (χ0) is 18.7. The smallest absolute Gasteiger partial charge is 0.253 e. The lowest BCUT2D eigenvalue weighted by atomic mass is 9.94. The standard InChI is InChI=1S/C20H26N4O3/c25-19-11-18(17-1-6-21-7-2-17)22-15-24(19)12-16-3-8-23(9-4-16)13-20(26)5-10-27-14-20/h1-2,6-7,11,15-16,26H,3-5,8-10,12-14H2. The number of β-amino-alcohol motifs (C(OH)–C–C–N with tert-alkyl or cyclic N) is 1. The first-order chi connectivity index (χ1) is 13.1. The van der Waals surface area contributed by atoms with Crippen molar-refractivity contribution in [1.82, 2.24) is 19.4 Å². The van der Waals surface area contributed by atoms with Gasteiger partial charge in [0.15, 0.2) is 0 Å². The first-order valence-corrected chi connectivity index (χ1v) is 9.61. The number of likely N-dealkylation sites (tertiary alicyclic amines) is 1. The number of pyridine rings is 1. The van der Waals surface area contributed by atoms with Gasteiger partial charge in [-0.05, 0) is 44.0 Å². The van der Waals surface area contributed by atoms with Crippen LogP contribution in [0.1, 0.15) is 19.3 Å². The van der Waals surface area contributed by atoms with Crippen molar-refractivity contribution in [2.24, 2.45) is 5.92 Å². The summed E-state index contributed by atoms with van der Waals surface area (Å²) in [5.41, 5.74) is 0.879. The quantitative estimate of drug-likeness (QED) is 0.851. The molecular weight excluding hydrogens is 344 g/mol. The summed E-state index contributed by atoms with van der Waals surface area (Å²) in [4.78, 5) is 23.2. The second-order valence-corrected chi connectivity index (χ2v) is 7.75. The molecule has 2 aliphatic heterocycles. The Labute approximate surface area is 158 Å². The van der Waals surface area contributed by atoms with Crippen LogP contribution in [0.4, 0.5) is 0 Å². The largest absolute Gasteiger partial charge is 0.386 e. The first kappa shape index (κ1) is 18.3. The molecule has 4 heterocycles. The molecule has 4 rings (SSSR count). The summed E-state index contributed by atoms with van der Waals surface area (Å²) in [5, 5.41) is 10.5. The van der Waals surface area contributed by atoms with Gasteiger partial charge in [-0.25, -0.2) is 4.98 Å². The maximum Gasteiger partial charge on any atom is 0.253 e. The Morgan fingerprint density at radius 3 is 2.70 bits per heavy atom. The average molecular weight is 370 g/mol. The van der Waals surface area contributed by atoms with Crippen molar-refractivity contribution in [3.8, 4) is 11.3 Å². The average Bonchev–Trinajstić information content (AvgIpc) is 3.12. The number of rotatable bonds is 5. The van der Waals surface area contributed by atoms with Crippen LogP contribution in [-0.4, -0.2) is 63.0 Å². The summed E-state index contributed by atoms with van der Waals surface area (Å²) in [5.74, 6) is 0.460. The summed E-state index contributed by atoms with van der Waals surface area (Å²) >= 11 is 0. The molecule has 0 saturated carbocycles. The molecule has 0 bridgehead atoms. The van der Waals surface area contributed by atoms with Crippen LogP contribution in [0.5, 0.6) is 0 Å². The van der Waals surface area contributed by atoms with E-state index in [1.807, 2.05) is 12.1 Å². The van der Waals surface area contributed by atoms with Gasteiger partial charge in [-0.3, -0.25) is 14.3 Å². The molecule has 1 N–H and O–H groups in total. The number of aliphatic hydroxyl groups is 1. The second kappa shape index (κ2) is 7.88. The fourth-order valence-corrected chi connectivity index (χ4v) is 3.99. The lowest BCUT2D eigenvalue weighted by molar-refractivity contribution is -0.0125.